The van der Waals surface area contributed by atoms with Crippen LogP contribution in [0.1, 0.15) is 32.8 Å². The van der Waals surface area contributed by atoms with Crippen LogP contribution in [-0.2, 0) is 11.2 Å². The largest absolute Gasteiger partial charge is 0.379 e. The Hall–Kier alpha value is -2.11. The van der Waals surface area contributed by atoms with Crippen LogP contribution in [0.25, 0.3) is 0 Å². The van der Waals surface area contributed by atoms with Gasteiger partial charge in [-0.3, -0.25) is 14.9 Å². The van der Waals surface area contributed by atoms with E-state index >= 15 is 0 Å². The average molecular weight is 277 g/mol. The van der Waals surface area contributed by atoms with E-state index in [-0.39, 0.29) is 23.4 Å². The lowest BCUT2D eigenvalue weighted by Gasteiger charge is -2.18. The first-order valence-electron chi connectivity index (χ1n) is 6.61. The summed E-state index contributed by atoms with van der Waals surface area (Å²) in [6.45, 7) is 7.00. The van der Waals surface area contributed by atoms with Crippen LogP contribution in [0.2, 0.25) is 0 Å². The molecule has 0 radical (unpaired) electrons. The van der Waals surface area contributed by atoms with Crippen molar-refractivity contribution < 1.29 is 9.72 Å². The minimum absolute atomic E-state index is 0.0224. The Balaban J connectivity index is 2.21. The van der Waals surface area contributed by atoms with Crippen LogP contribution in [0.4, 0.5) is 17.1 Å². The molecule has 1 aliphatic rings. The summed E-state index contributed by atoms with van der Waals surface area (Å²) in [4.78, 5) is 22.0. The quantitative estimate of drug-likeness (QED) is 0.654. The number of benzene rings is 1. The third-order valence-electron chi connectivity index (χ3n) is 3.23. The van der Waals surface area contributed by atoms with Crippen molar-refractivity contribution in [1.29, 1.82) is 0 Å². The number of nitro groups is 1. The summed E-state index contributed by atoms with van der Waals surface area (Å²) in [6.07, 6.45) is 1.10. The maximum Gasteiger partial charge on any atom is 0.292 e. The normalized spacial score (nSPS) is 13.8. The molecule has 0 atom stereocenters. The van der Waals surface area contributed by atoms with Crippen molar-refractivity contribution in [3.05, 3.63) is 27.8 Å². The number of hydrogen-bond acceptors (Lipinski definition) is 4. The van der Waals surface area contributed by atoms with Gasteiger partial charge in [0.05, 0.1) is 11.3 Å². The van der Waals surface area contributed by atoms with Gasteiger partial charge in [-0.2, -0.15) is 0 Å². The highest BCUT2D eigenvalue weighted by Crippen LogP contribution is 2.34. The fourth-order valence-corrected chi connectivity index (χ4v) is 2.13. The lowest BCUT2D eigenvalue weighted by molar-refractivity contribution is -0.384. The van der Waals surface area contributed by atoms with Crippen LogP contribution < -0.4 is 10.6 Å². The van der Waals surface area contributed by atoms with Crippen LogP contribution >= 0.6 is 0 Å². The van der Waals surface area contributed by atoms with Crippen molar-refractivity contribution in [2.75, 3.05) is 17.2 Å². The Bertz CT molecular complexity index is 562. The van der Waals surface area contributed by atoms with Gasteiger partial charge in [0.25, 0.3) is 5.69 Å². The fourth-order valence-electron chi connectivity index (χ4n) is 2.13. The van der Waals surface area contributed by atoms with Gasteiger partial charge in [0.2, 0.25) is 5.91 Å². The minimum atomic E-state index is -0.414. The van der Waals surface area contributed by atoms with Gasteiger partial charge < -0.3 is 10.6 Å². The van der Waals surface area contributed by atoms with Crippen LogP contribution in [-0.4, -0.2) is 17.4 Å². The molecule has 0 unspecified atom stereocenters. The predicted octanol–water partition coefficient (Wildman–Crippen LogP) is 2.94. The highest BCUT2D eigenvalue weighted by molar-refractivity contribution is 6.00. The molecule has 1 aliphatic heterocycles. The van der Waals surface area contributed by atoms with E-state index in [1.165, 1.54) is 6.07 Å². The predicted molar refractivity (Wildman–Crippen MR) is 78.0 cm³/mol. The molecule has 0 saturated carbocycles. The van der Waals surface area contributed by atoms with E-state index in [4.69, 9.17) is 0 Å². The summed E-state index contributed by atoms with van der Waals surface area (Å²) in [5.41, 5.74) is 1.99. The molecule has 20 heavy (non-hydrogen) atoms. The van der Waals surface area contributed by atoms with Crippen LogP contribution in [0.15, 0.2) is 12.1 Å². The first kappa shape index (κ1) is 14.3. The number of nitrogens with zero attached hydrogens (tertiary/aromatic N) is 1. The summed E-state index contributed by atoms with van der Waals surface area (Å²) < 4.78 is 0. The molecule has 0 aliphatic carbocycles. The Morgan fingerprint density at radius 2 is 2.10 bits per heavy atom. The summed E-state index contributed by atoms with van der Waals surface area (Å²) >= 11 is 0. The van der Waals surface area contributed by atoms with E-state index in [1.807, 2.05) is 0 Å². The first-order valence-corrected chi connectivity index (χ1v) is 6.61. The molecule has 0 bridgehead atoms. The number of amides is 1. The van der Waals surface area contributed by atoms with Crippen LogP contribution in [0.3, 0.4) is 0 Å². The van der Waals surface area contributed by atoms with Gasteiger partial charge in [0, 0.05) is 18.3 Å². The molecule has 2 N–H and O–H groups in total. The second-order valence-electron chi connectivity index (χ2n) is 6.25. The Morgan fingerprint density at radius 3 is 2.70 bits per heavy atom. The molecular formula is C14H19N3O3. The Morgan fingerprint density at radius 1 is 1.40 bits per heavy atom. The molecule has 6 nitrogen and oxygen atoms in total. The number of carbonyl (C=O) groups is 1. The van der Waals surface area contributed by atoms with Crippen LogP contribution in [0.5, 0.6) is 0 Å². The Labute approximate surface area is 117 Å². The number of nitrogens with one attached hydrogen (secondary N) is 2. The topological polar surface area (TPSA) is 84.3 Å². The van der Waals surface area contributed by atoms with Gasteiger partial charge in [0.15, 0.2) is 0 Å². The zero-order valence-corrected chi connectivity index (χ0v) is 11.9. The monoisotopic (exact) mass is 277 g/mol. The second-order valence-corrected chi connectivity index (χ2v) is 6.25. The lowest BCUT2D eigenvalue weighted by Crippen LogP contribution is -2.13. The van der Waals surface area contributed by atoms with E-state index in [0.717, 1.165) is 6.42 Å². The number of nitro benzene ring substituents is 1. The van der Waals surface area contributed by atoms with Crippen LogP contribution in [0, 0.1) is 15.5 Å². The summed E-state index contributed by atoms with van der Waals surface area (Å²) in [7, 11) is 0. The summed E-state index contributed by atoms with van der Waals surface area (Å²) in [5.74, 6) is -0.124. The molecule has 0 fully saturated rings. The van der Waals surface area contributed by atoms with E-state index in [0.29, 0.717) is 23.5 Å². The van der Waals surface area contributed by atoms with E-state index in [1.54, 1.807) is 6.07 Å². The molecule has 1 aromatic carbocycles. The molecule has 1 heterocycles. The highest BCUT2D eigenvalue weighted by atomic mass is 16.6. The molecule has 1 aromatic rings. The van der Waals surface area contributed by atoms with Gasteiger partial charge in [-0.1, -0.05) is 20.8 Å². The summed E-state index contributed by atoms with van der Waals surface area (Å²) in [6, 6.07) is 3.13. The number of carbonyl (C=O) groups excluding carboxylic acids is 1. The molecule has 108 valence electrons. The Kier molecular flexibility index (Phi) is 3.65. The maximum atomic E-state index is 11.3. The fraction of sp³-hybridized carbons (Fsp3) is 0.500. The molecular weight excluding hydrogens is 258 g/mol. The number of hydrogen-bond donors (Lipinski definition) is 2. The van der Waals surface area contributed by atoms with Crippen molar-refractivity contribution in [3.8, 4) is 0 Å². The number of rotatable bonds is 4. The molecule has 2 rings (SSSR count). The van der Waals surface area contributed by atoms with Crippen molar-refractivity contribution >= 4 is 23.0 Å². The zero-order chi connectivity index (χ0) is 14.9. The van der Waals surface area contributed by atoms with Gasteiger partial charge in [-0.05, 0) is 23.5 Å². The smallest absolute Gasteiger partial charge is 0.292 e. The van der Waals surface area contributed by atoms with Crippen molar-refractivity contribution in [2.45, 2.75) is 33.6 Å². The van der Waals surface area contributed by atoms with Crippen molar-refractivity contribution in [3.63, 3.8) is 0 Å². The number of anilines is 2. The standard InChI is InChI=1S/C14H19N3O3/c1-14(2,3)4-5-15-11-8-10-9(7-13(18)16-10)6-12(11)17(19)20/h6,8,15H,4-5,7H2,1-3H3,(H,16,18). The zero-order valence-electron chi connectivity index (χ0n) is 11.9. The lowest BCUT2D eigenvalue weighted by atomic mass is 9.92. The minimum Gasteiger partial charge on any atom is -0.379 e. The SMILES string of the molecule is CC(C)(C)CCNc1cc2c(cc1[N+](=O)[O-])CC(=O)N2. The third-order valence-corrected chi connectivity index (χ3v) is 3.23. The second kappa shape index (κ2) is 5.11. The molecule has 0 aromatic heterocycles. The third kappa shape index (κ3) is 3.26. The molecule has 1 amide bonds. The van der Waals surface area contributed by atoms with E-state index < -0.39 is 4.92 Å². The van der Waals surface area contributed by atoms with E-state index in [9.17, 15) is 14.9 Å². The molecule has 0 saturated heterocycles. The first-order chi connectivity index (χ1) is 9.26. The van der Waals surface area contributed by atoms with Crippen molar-refractivity contribution in [2.24, 2.45) is 5.41 Å². The van der Waals surface area contributed by atoms with Crippen molar-refractivity contribution in [1.82, 2.24) is 0 Å². The highest BCUT2D eigenvalue weighted by Gasteiger charge is 2.24. The maximum absolute atomic E-state index is 11.3. The molecule has 6 heteroatoms. The number of fused-ring (bicyclic) bond motifs is 1. The summed E-state index contributed by atoms with van der Waals surface area (Å²) in [5, 5.41) is 16.9. The van der Waals surface area contributed by atoms with Gasteiger partial charge >= 0.3 is 0 Å². The van der Waals surface area contributed by atoms with E-state index in [2.05, 4.69) is 31.4 Å². The van der Waals surface area contributed by atoms with Gasteiger partial charge in [-0.25, -0.2) is 0 Å². The average Bonchev–Trinajstić information content (AvgIpc) is 2.65. The van der Waals surface area contributed by atoms with Gasteiger partial charge in [-0.15, -0.1) is 0 Å². The molecule has 0 spiro atoms. The van der Waals surface area contributed by atoms with Gasteiger partial charge in [0.1, 0.15) is 5.69 Å².